The molecule has 4 aliphatic heterocycles. The Bertz CT molecular complexity index is 521. The van der Waals surface area contributed by atoms with E-state index >= 15 is 4.39 Å². The van der Waals surface area contributed by atoms with Gasteiger partial charge in [0.1, 0.15) is 19.0 Å². The molecule has 0 aromatic carbocycles. The fourth-order valence-corrected chi connectivity index (χ4v) is 7.11. The van der Waals surface area contributed by atoms with Crippen LogP contribution in [0.4, 0.5) is 4.39 Å². The largest absolute Gasteiger partial charge is 0.345 e. The lowest BCUT2D eigenvalue weighted by Crippen LogP contribution is -2.41. The van der Waals surface area contributed by atoms with Crippen LogP contribution in [0.15, 0.2) is 0 Å². The average molecular weight is 350 g/mol. The number of rotatable bonds is 2. The highest BCUT2D eigenvalue weighted by Crippen LogP contribution is 2.60. The van der Waals surface area contributed by atoms with Crippen LogP contribution in [-0.4, -0.2) is 37.2 Å². The van der Waals surface area contributed by atoms with E-state index in [9.17, 15) is 0 Å². The molecular weight excluding hydrogens is 318 g/mol. The SMILES string of the molecule is CC1(C)O[C@H]2O[C@@H]3C(CB4C5CCCC4CCC5)[C@H](F)C[C@]3(C)[C@H]2O1. The van der Waals surface area contributed by atoms with E-state index in [4.69, 9.17) is 14.2 Å². The Hall–Kier alpha value is -0.125. The predicted molar refractivity (Wildman–Crippen MR) is 95.6 cm³/mol. The fourth-order valence-electron chi connectivity index (χ4n) is 7.11. The maximum Gasteiger partial charge on any atom is 0.188 e. The normalized spacial score (nSPS) is 53.8. The topological polar surface area (TPSA) is 27.7 Å². The zero-order valence-corrected chi connectivity index (χ0v) is 15.9. The molecule has 0 aromatic heterocycles. The smallest absolute Gasteiger partial charge is 0.188 e. The van der Waals surface area contributed by atoms with Crippen molar-refractivity contribution in [2.24, 2.45) is 11.3 Å². The van der Waals surface area contributed by atoms with Crippen LogP contribution >= 0.6 is 0 Å². The fraction of sp³-hybridized carbons (Fsp3) is 1.00. The number of hydrogen-bond donors (Lipinski definition) is 0. The summed E-state index contributed by atoms with van der Waals surface area (Å²) in [7, 11) is 0. The lowest BCUT2D eigenvalue weighted by molar-refractivity contribution is -0.218. The number of halogens is 1. The summed E-state index contributed by atoms with van der Waals surface area (Å²) in [4.78, 5) is 0. The molecule has 1 saturated carbocycles. The van der Waals surface area contributed by atoms with E-state index in [-0.39, 0.29) is 29.8 Å². The van der Waals surface area contributed by atoms with E-state index in [0.29, 0.717) is 6.42 Å². The number of alkyl halides is 1. The average Bonchev–Trinajstić information content (AvgIpc) is 3.04. The van der Waals surface area contributed by atoms with E-state index < -0.39 is 12.0 Å². The van der Waals surface area contributed by atoms with Gasteiger partial charge in [0.05, 0.1) is 6.10 Å². The molecule has 5 fully saturated rings. The molecule has 1 unspecified atom stereocenters. The van der Waals surface area contributed by atoms with Gasteiger partial charge in [0.2, 0.25) is 0 Å². The monoisotopic (exact) mass is 350 g/mol. The molecule has 0 radical (unpaired) electrons. The minimum atomic E-state index is -0.758. The van der Waals surface area contributed by atoms with Crippen LogP contribution in [0.3, 0.4) is 0 Å². The van der Waals surface area contributed by atoms with E-state index in [1.807, 2.05) is 13.8 Å². The van der Waals surface area contributed by atoms with Crippen LogP contribution in [0.1, 0.15) is 65.7 Å². The van der Waals surface area contributed by atoms with E-state index in [1.165, 1.54) is 38.5 Å². The van der Waals surface area contributed by atoms with Gasteiger partial charge >= 0.3 is 0 Å². The lowest BCUT2D eigenvalue weighted by atomic mass is 9.25. The van der Waals surface area contributed by atoms with Gasteiger partial charge in [-0.15, -0.1) is 0 Å². The highest BCUT2D eigenvalue weighted by molar-refractivity contribution is 6.62. The van der Waals surface area contributed by atoms with Crippen molar-refractivity contribution in [1.29, 1.82) is 0 Å². The molecule has 5 rings (SSSR count). The number of ether oxygens (including phenoxy) is 3. The summed E-state index contributed by atoms with van der Waals surface area (Å²) in [6, 6.07) is 0. The summed E-state index contributed by atoms with van der Waals surface area (Å²) in [6.07, 6.45) is 8.54. The molecule has 5 heteroatoms. The molecule has 0 aromatic rings. The van der Waals surface area contributed by atoms with Crippen LogP contribution in [0.25, 0.3) is 0 Å². The van der Waals surface area contributed by atoms with Crippen molar-refractivity contribution >= 4 is 6.71 Å². The first-order valence-electron chi connectivity index (χ1n) is 10.5. The molecule has 1 aliphatic carbocycles. The summed E-state index contributed by atoms with van der Waals surface area (Å²) in [6.45, 7) is 6.74. The zero-order chi connectivity index (χ0) is 17.4. The molecular formula is C20H32BFO3. The van der Waals surface area contributed by atoms with Crippen molar-refractivity contribution in [3.05, 3.63) is 0 Å². The van der Waals surface area contributed by atoms with E-state index in [1.54, 1.807) is 0 Å². The van der Waals surface area contributed by atoms with Gasteiger partial charge in [-0.2, -0.15) is 0 Å². The van der Waals surface area contributed by atoms with Crippen LogP contribution in [0, 0.1) is 11.3 Å². The van der Waals surface area contributed by atoms with E-state index in [2.05, 4.69) is 6.92 Å². The molecule has 4 heterocycles. The Kier molecular flexibility index (Phi) is 3.87. The lowest BCUT2D eigenvalue weighted by Gasteiger charge is -2.42. The zero-order valence-electron chi connectivity index (χ0n) is 15.9. The second kappa shape index (κ2) is 5.69. The van der Waals surface area contributed by atoms with Gasteiger partial charge in [-0.3, -0.25) is 0 Å². The molecule has 0 spiro atoms. The minimum Gasteiger partial charge on any atom is -0.345 e. The van der Waals surface area contributed by atoms with Gasteiger partial charge in [-0.1, -0.05) is 63.4 Å². The molecule has 25 heavy (non-hydrogen) atoms. The molecule has 0 amide bonds. The first-order valence-corrected chi connectivity index (χ1v) is 10.5. The maximum absolute atomic E-state index is 15.2. The van der Waals surface area contributed by atoms with Crippen LogP contribution in [-0.2, 0) is 14.2 Å². The van der Waals surface area contributed by atoms with Crippen molar-refractivity contribution in [3.63, 3.8) is 0 Å². The van der Waals surface area contributed by atoms with Gasteiger partial charge in [0, 0.05) is 11.3 Å². The molecule has 4 saturated heterocycles. The molecule has 5 aliphatic rings. The standard InChI is InChI=1S/C20H32BFO3/c1-19(2)24-17-18(25-19)23-16-14(15(22)10-20(16,17)3)11-21-12-6-4-7-13(21)9-5-8-12/h12-18H,4-11H2,1-3H3/t12?,13?,14?,15-,16-,17+,18-,20+/m1/s1. The quantitative estimate of drug-likeness (QED) is 0.668. The Morgan fingerprint density at radius 2 is 1.60 bits per heavy atom. The van der Waals surface area contributed by atoms with Crippen LogP contribution < -0.4 is 0 Å². The third kappa shape index (κ3) is 2.55. The molecule has 140 valence electrons. The summed E-state index contributed by atoms with van der Waals surface area (Å²) in [5.74, 6) is 1.07. The Morgan fingerprint density at radius 3 is 2.24 bits per heavy atom. The third-order valence-electron chi connectivity index (χ3n) is 8.18. The Balaban J connectivity index is 1.36. The number of hydrogen-bond acceptors (Lipinski definition) is 3. The summed E-state index contributed by atoms with van der Waals surface area (Å²) >= 11 is 0. The Morgan fingerprint density at radius 1 is 0.960 bits per heavy atom. The second-order valence-electron chi connectivity index (χ2n) is 10.2. The summed E-state index contributed by atoms with van der Waals surface area (Å²) in [5, 5.41) is 0. The molecule has 6 atom stereocenters. The summed E-state index contributed by atoms with van der Waals surface area (Å²) in [5.41, 5.74) is -0.244. The highest BCUT2D eigenvalue weighted by Gasteiger charge is 2.67. The first kappa shape index (κ1) is 17.0. The van der Waals surface area contributed by atoms with Crippen LogP contribution in [0.5, 0.6) is 0 Å². The van der Waals surface area contributed by atoms with Crippen molar-refractivity contribution < 1.29 is 18.6 Å². The second-order valence-corrected chi connectivity index (χ2v) is 10.2. The highest BCUT2D eigenvalue weighted by atomic mass is 19.1. The molecule has 3 nitrogen and oxygen atoms in total. The van der Waals surface area contributed by atoms with Gasteiger partial charge in [0.15, 0.2) is 12.1 Å². The molecule has 2 bridgehead atoms. The Labute approximate surface area is 151 Å². The van der Waals surface area contributed by atoms with Crippen LogP contribution in [0.2, 0.25) is 18.0 Å². The molecule has 0 N–H and O–H groups in total. The van der Waals surface area contributed by atoms with Crippen molar-refractivity contribution in [1.82, 2.24) is 0 Å². The third-order valence-corrected chi connectivity index (χ3v) is 8.18. The van der Waals surface area contributed by atoms with Crippen molar-refractivity contribution in [2.75, 3.05) is 0 Å². The first-order chi connectivity index (χ1) is 11.9. The van der Waals surface area contributed by atoms with Crippen molar-refractivity contribution in [3.8, 4) is 0 Å². The van der Waals surface area contributed by atoms with E-state index in [0.717, 1.165) is 24.7 Å². The summed E-state index contributed by atoms with van der Waals surface area (Å²) < 4.78 is 33.6. The van der Waals surface area contributed by atoms with Crippen molar-refractivity contribution in [2.45, 2.75) is 114 Å². The van der Waals surface area contributed by atoms with Gasteiger partial charge in [-0.05, 0) is 20.3 Å². The number of fused-ring (bicyclic) bond motifs is 5. The predicted octanol–water partition coefficient (Wildman–Crippen LogP) is 4.83. The van der Waals surface area contributed by atoms with Gasteiger partial charge in [-0.25, -0.2) is 4.39 Å². The van der Waals surface area contributed by atoms with Gasteiger partial charge in [0.25, 0.3) is 0 Å². The minimum absolute atomic E-state index is 0.0251. The van der Waals surface area contributed by atoms with Gasteiger partial charge < -0.3 is 14.2 Å². The maximum atomic E-state index is 15.2.